The van der Waals surface area contributed by atoms with E-state index in [-0.39, 0.29) is 5.91 Å². The van der Waals surface area contributed by atoms with Crippen molar-refractivity contribution in [3.63, 3.8) is 0 Å². The number of aromatic nitrogens is 1. The normalized spacial score (nSPS) is 16.2. The summed E-state index contributed by atoms with van der Waals surface area (Å²) in [6.45, 7) is 5.07. The Balaban J connectivity index is 1.37. The molecule has 130 valence electrons. The molecule has 0 unspecified atom stereocenters. The van der Waals surface area contributed by atoms with E-state index in [1.807, 2.05) is 24.3 Å². The van der Waals surface area contributed by atoms with Crippen molar-refractivity contribution in [3.8, 4) is 0 Å². The number of pyridine rings is 1. The van der Waals surface area contributed by atoms with Gasteiger partial charge in [-0.25, -0.2) is 5.43 Å². The molecule has 1 N–H and O–H groups in total. The lowest BCUT2D eigenvalue weighted by molar-refractivity contribution is -0.122. The van der Waals surface area contributed by atoms with Crippen LogP contribution in [0.25, 0.3) is 0 Å². The predicted molar refractivity (Wildman–Crippen MR) is 98.1 cm³/mol. The average Bonchev–Trinajstić information content (AvgIpc) is 2.65. The first kappa shape index (κ1) is 17.3. The van der Waals surface area contributed by atoms with Gasteiger partial charge in [-0.3, -0.25) is 19.6 Å². The summed E-state index contributed by atoms with van der Waals surface area (Å²) < 4.78 is 0. The van der Waals surface area contributed by atoms with E-state index in [1.54, 1.807) is 12.4 Å². The van der Waals surface area contributed by atoms with Crippen molar-refractivity contribution in [3.05, 3.63) is 66.0 Å². The summed E-state index contributed by atoms with van der Waals surface area (Å²) in [7, 11) is 0. The van der Waals surface area contributed by atoms with E-state index in [2.05, 4.69) is 49.6 Å². The van der Waals surface area contributed by atoms with E-state index in [0.29, 0.717) is 6.54 Å². The van der Waals surface area contributed by atoms with E-state index in [4.69, 9.17) is 0 Å². The molecule has 0 radical (unpaired) electrons. The number of nitrogens with one attached hydrogen (secondary N) is 1. The molecule has 1 aromatic carbocycles. The molecule has 1 aliphatic heterocycles. The molecule has 0 aliphatic carbocycles. The number of hydrogen-bond donors (Lipinski definition) is 1. The lowest BCUT2D eigenvalue weighted by atomic mass is 10.2. The molecule has 3 rings (SSSR count). The first-order chi connectivity index (χ1) is 12.3. The number of piperazine rings is 1. The molecule has 2 heterocycles. The average molecular weight is 337 g/mol. The van der Waals surface area contributed by atoms with Gasteiger partial charge in [-0.05, 0) is 17.7 Å². The van der Waals surface area contributed by atoms with Crippen LogP contribution in [0.3, 0.4) is 0 Å². The number of benzene rings is 1. The minimum Gasteiger partial charge on any atom is -0.297 e. The highest BCUT2D eigenvalue weighted by Crippen LogP contribution is 2.08. The number of rotatable bonds is 6. The minimum absolute atomic E-state index is 0.0938. The van der Waals surface area contributed by atoms with Crippen molar-refractivity contribution < 1.29 is 4.79 Å². The Labute approximate surface area is 148 Å². The zero-order chi connectivity index (χ0) is 17.3. The molecule has 25 heavy (non-hydrogen) atoms. The standard InChI is InChI=1S/C19H23N5O/c25-19(22-21-14-18-8-4-5-9-20-18)16-24-12-10-23(11-13-24)15-17-6-2-1-3-7-17/h1-9,14H,10-13,15-16H2,(H,22,25)/b21-14+. The molecule has 1 fully saturated rings. The number of amides is 1. The summed E-state index contributed by atoms with van der Waals surface area (Å²) in [4.78, 5) is 20.7. The van der Waals surface area contributed by atoms with Gasteiger partial charge in [0.05, 0.1) is 18.5 Å². The fourth-order valence-electron chi connectivity index (χ4n) is 2.81. The van der Waals surface area contributed by atoms with Crippen molar-refractivity contribution in [2.45, 2.75) is 6.54 Å². The van der Waals surface area contributed by atoms with Crippen LogP contribution >= 0.6 is 0 Å². The topological polar surface area (TPSA) is 60.8 Å². The second kappa shape index (κ2) is 9.05. The van der Waals surface area contributed by atoms with Crippen LogP contribution < -0.4 is 5.43 Å². The van der Waals surface area contributed by atoms with Crippen LogP contribution in [0.2, 0.25) is 0 Å². The summed E-state index contributed by atoms with van der Waals surface area (Å²) in [5.74, 6) is -0.0938. The Hall–Kier alpha value is -2.57. The Bertz CT molecular complexity index is 681. The maximum absolute atomic E-state index is 12.0. The number of carbonyl (C=O) groups is 1. The van der Waals surface area contributed by atoms with Crippen molar-refractivity contribution in [1.29, 1.82) is 0 Å². The maximum Gasteiger partial charge on any atom is 0.254 e. The van der Waals surface area contributed by atoms with Crippen LogP contribution in [-0.2, 0) is 11.3 Å². The van der Waals surface area contributed by atoms with Crippen LogP contribution in [0.4, 0.5) is 0 Å². The number of carbonyl (C=O) groups excluding carboxylic acids is 1. The Morgan fingerprint density at radius 2 is 1.76 bits per heavy atom. The van der Waals surface area contributed by atoms with Crippen molar-refractivity contribution in [2.24, 2.45) is 5.10 Å². The van der Waals surface area contributed by atoms with E-state index >= 15 is 0 Å². The lowest BCUT2D eigenvalue weighted by Gasteiger charge is -2.34. The van der Waals surface area contributed by atoms with Gasteiger partial charge in [-0.1, -0.05) is 36.4 Å². The Kier molecular flexibility index (Phi) is 6.25. The van der Waals surface area contributed by atoms with Crippen LogP contribution in [0, 0.1) is 0 Å². The fourth-order valence-corrected chi connectivity index (χ4v) is 2.81. The number of hydrogen-bond acceptors (Lipinski definition) is 5. The van der Waals surface area contributed by atoms with Gasteiger partial charge in [0.25, 0.3) is 5.91 Å². The molecule has 0 saturated carbocycles. The van der Waals surface area contributed by atoms with Gasteiger partial charge in [0, 0.05) is 38.9 Å². The van der Waals surface area contributed by atoms with Gasteiger partial charge >= 0.3 is 0 Å². The van der Waals surface area contributed by atoms with Gasteiger partial charge in [0.15, 0.2) is 0 Å². The first-order valence-corrected chi connectivity index (χ1v) is 8.51. The third-order valence-electron chi connectivity index (χ3n) is 4.15. The summed E-state index contributed by atoms with van der Waals surface area (Å²) in [5.41, 5.74) is 4.62. The molecule has 6 heteroatoms. The Morgan fingerprint density at radius 1 is 1.04 bits per heavy atom. The van der Waals surface area contributed by atoms with E-state index < -0.39 is 0 Å². The SMILES string of the molecule is O=C(CN1CCN(Cc2ccccc2)CC1)N/N=C/c1ccccn1. The summed E-state index contributed by atoms with van der Waals surface area (Å²) in [6.07, 6.45) is 3.24. The number of hydrazone groups is 1. The fraction of sp³-hybridized carbons (Fsp3) is 0.316. The molecule has 0 atom stereocenters. The first-order valence-electron chi connectivity index (χ1n) is 8.51. The van der Waals surface area contributed by atoms with Gasteiger partial charge in [-0.2, -0.15) is 5.10 Å². The molecular formula is C19H23N5O. The molecule has 0 bridgehead atoms. The van der Waals surface area contributed by atoms with Crippen LogP contribution in [0.5, 0.6) is 0 Å². The lowest BCUT2D eigenvalue weighted by Crippen LogP contribution is -2.48. The minimum atomic E-state index is -0.0938. The third-order valence-corrected chi connectivity index (χ3v) is 4.15. The number of nitrogens with zero attached hydrogens (tertiary/aromatic N) is 4. The molecule has 0 spiro atoms. The molecule has 1 saturated heterocycles. The molecule has 1 amide bonds. The highest BCUT2D eigenvalue weighted by Gasteiger charge is 2.18. The van der Waals surface area contributed by atoms with Crippen molar-refractivity contribution in [2.75, 3.05) is 32.7 Å². The predicted octanol–water partition coefficient (Wildman–Crippen LogP) is 1.35. The quantitative estimate of drug-likeness (QED) is 0.638. The highest BCUT2D eigenvalue weighted by molar-refractivity contribution is 5.81. The second-order valence-electron chi connectivity index (χ2n) is 6.09. The highest BCUT2D eigenvalue weighted by atomic mass is 16.2. The van der Waals surface area contributed by atoms with E-state index in [0.717, 1.165) is 38.4 Å². The van der Waals surface area contributed by atoms with E-state index in [9.17, 15) is 4.79 Å². The zero-order valence-electron chi connectivity index (χ0n) is 14.2. The van der Waals surface area contributed by atoms with Crippen molar-refractivity contribution >= 4 is 12.1 Å². The summed E-state index contributed by atoms with van der Waals surface area (Å²) in [5, 5.41) is 3.95. The molecule has 1 aliphatic rings. The van der Waals surface area contributed by atoms with Crippen LogP contribution in [-0.4, -0.2) is 59.6 Å². The van der Waals surface area contributed by atoms with Crippen LogP contribution in [0.15, 0.2) is 59.8 Å². The third kappa shape index (κ3) is 5.77. The summed E-state index contributed by atoms with van der Waals surface area (Å²) in [6, 6.07) is 16.0. The molecular weight excluding hydrogens is 314 g/mol. The zero-order valence-corrected chi connectivity index (χ0v) is 14.2. The molecule has 1 aromatic heterocycles. The smallest absolute Gasteiger partial charge is 0.254 e. The van der Waals surface area contributed by atoms with E-state index in [1.165, 1.54) is 5.56 Å². The van der Waals surface area contributed by atoms with Gasteiger partial charge in [0.2, 0.25) is 0 Å². The van der Waals surface area contributed by atoms with Gasteiger partial charge in [-0.15, -0.1) is 0 Å². The van der Waals surface area contributed by atoms with Crippen molar-refractivity contribution in [1.82, 2.24) is 20.2 Å². The molecule has 6 nitrogen and oxygen atoms in total. The van der Waals surface area contributed by atoms with Gasteiger partial charge < -0.3 is 0 Å². The van der Waals surface area contributed by atoms with Crippen LogP contribution in [0.1, 0.15) is 11.3 Å². The maximum atomic E-state index is 12.0. The second-order valence-corrected chi connectivity index (χ2v) is 6.09. The monoisotopic (exact) mass is 337 g/mol. The largest absolute Gasteiger partial charge is 0.297 e. The Morgan fingerprint density at radius 3 is 2.48 bits per heavy atom. The summed E-state index contributed by atoms with van der Waals surface area (Å²) >= 11 is 0. The molecule has 2 aromatic rings. The van der Waals surface area contributed by atoms with Gasteiger partial charge in [0.1, 0.15) is 0 Å².